The third kappa shape index (κ3) is 4.87. The molecule has 0 unspecified atom stereocenters. The van der Waals surface area contributed by atoms with Crippen molar-refractivity contribution in [2.24, 2.45) is 10.9 Å². The zero-order valence-corrected chi connectivity index (χ0v) is 17.8. The highest BCUT2D eigenvalue weighted by molar-refractivity contribution is 5.79. The number of nitrogens with one attached hydrogen (secondary N) is 2. The molecule has 4 rings (SSSR count). The van der Waals surface area contributed by atoms with E-state index in [2.05, 4.69) is 56.7 Å². The smallest absolute Gasteiger partial charge is 0.191 e. The number of aliphatic imine (C=N–C) groups is 1. The van der Waals surface area contributed by atoms with E-state index in [0.29, 0.717) is 13.1 Å². The Hall–Kier alpha value is -3.16. The first-order valence-electron chi connectivity index (χ1n) is 10.7. The van der Waals surface area contributed by atoms with Gasteiger partial charge in [-0.05, 0) is 49.4 Å². The molecule has 1 aliphatic rings. The van der Waals surface area contributed by atoms with Crippen molar-refractivity contribution >= 4 is 17.4 Å². The highest BCUT2D eigenvalue weighted by atomic mass is 15.3. The van der Waals surface area contributed by atoms with Crippen molar-refractivity contribution in [1.29, 1.82) is 0 Å². The first-order chi connectivity index (χ1) is 14.7. The Labute approximate surface area is 177 Å². The summed E-state index contributed by atoms with van der Waals surface area (Å²) in [6.07, 6.45) is 6.39. The molecule has 8 heteroatoms. The van der Waals surface area contributed by atoms with E-state index in [-0.39, 0.29) is 0 Å². The third-order valence-electron chi connectivity index (χ3n) is 5.48. The molecule has 0 atom stereocenters. The summed E-state index contributed by atoms with van der Waals surface area (Å²) < 4.78 is 1.97. The molecule has 0 radical (unpaired) electrons. The van der Waals surface area contributed by atoms with E-state index in [9.17, 15) is 0 Å². The number of aromatic nitrogens is 4. The summed E-state index contributed by atoms with van der Waals surface area (Å²) in [5.41, 5.74) is 1.93. The molecule has 0 amide bonds. The molecule has 0 aromatic carbocycles. The molecule has 2 N–H and O–H groups in total. The van der Waals surface area contributed by atoms with Gasteiger partial charge in [-0.3, -0.25) is 4.40 Å². The van der Waals surface area contributed by atoms with E-state index in [4.69, 9.17) is 4.99 Å². The van der Waals surface area contributed by atoms with Crippen molar-refractivity contribution in [2.45, 2.75) is 39.8 Å². The van der Waals surface area contributed by atoms with Crippen molar-refractivity contribution < 1.29 is 0 Å². The van der Waals surface area contributed by atoms with Crippen LogP contribution in [0.15, 0.2) is 47.7 Å². The second-order valence-electron chi connectivity index (χ2n) is 7.79. The van der Waals surface area contributed by atoms with Gasteiger partial charge in [0.2, 0.25) is 0 Å². The summed E-state index contributed by atoms with van der Waals surface area (Å²) >= 11 is 0. The van der Waals surface area contributed by atoms with Crippen LogP contribution in [0.25, 0.3) is 5.65 Å². The lowest BCUT2D eigenvalue weighted by Gasteiger charge is -2.31. The van der Waals surface area contributed by atoms with E-state index in [1.165, 1.54) is 12.8 Å². The van der Waals surface area contributed by atoms with Crippen LogP contribution in [0, 0.1) is 5.92 Å². The zero-order chi connectivity index (χ0) is 20.8. The lowest BCUT2D eigenvalue weighted by atomic mass is 9.99. The fraction of sp³-hybridized carbons (Fsp3) is 0.455. The predicted octanol–water partition coefficient (Wildman–Crippen LogP) is 2.62. The normalized spacial score (nSPS) is 15.5. The fourth-order valence-corrected chi connectivity index (χ4v) is 3.62. The maximum Gasteiger partial charge on any atom is 0.191 e. The molecule has 8 nitrogen and oxygen atoms in total. The molecule has 3 aromatic heterocycles. The predicted molar refractivity (Wildman–Crippen MR) is 119 cm³/mol. The fourth-order valence-electron chi connectivity index (χ4n) is 3.62. The Morgan fingerprint density at radius 3 is 2.77 bits per heavy atom. The standard InChI is InChI=1S/C22H30N8/c1-3-23-22(26-16-21-28-27-20-6-4-5-11-30(20)21)25-15-18-7-8-19(24-14-18)29-12-9-17(2)10-13-29/h4-8,11,14,17H,3,9-10,12-13,15-16H2,1-2H3,(H2,23,25,26). The number of hydrogen-bond donors (Lipinski definition) is 2. The quantitative estimate of drug-likeness (QED) is 0.484. The highest BCUT2D eigenvalue weighted by Crippen LogP contribution is 2.21. The Morgan fingerprint density at radius 2 is 2.00 bits per heavy atom. The SMILES string of the molecule is CCNC(=NCc1ccc(N2CCC(C)CC2)nc1)NCc1nnc2ccccn12. The Morgan fingerprint density at radius 1 is 1.13 bits per heavy atom. The summed E-state index contributed by atoms with van der Waals surface area (Å²) in [5, 5.41) is 15.1. The van der Waals surface area contributed by atoms with E-state index < -0.39 is 0 Å². The van der Waals surface area contributed by atoms with Gasteiger partial charge in [0.1, 0.15) is 5.82 Å². The van der Waals surface area contributed by atoms with Crippen LogP contribution in [0.5, 0.6) is 0 Å². The van der Waals surface area contributed by atoms with Gasteiger partial charge in [0, 0.05) is 32.0 Å². The molecule has 0 saturated carbocycles. The molecule has 1 saturated heterocycles. The summed E-state index contributed by atoms with van der Waals surface area (Å²) in [7, 11) is 0. The monoisotopic (exact) mass is 406 g/mol. The van der Waals surface area contributed by atoms with Gasteiger partial charge in [-0.1, -0.05) is 19.1 Å². The second kappa shape index (κ2) is 9.56. The summed E-state index contributed by atoms with van der Waals surface area (Å²) in [4.78, 5) is 11.7. The van der Waals surface area contributed by atoms with Gasteiger partial charge in [-0.2, -0.15) is 0 Å². The van der Waals surface area contributed by atoms with Crippen LogP contribution in [-0.4, -0.2) is 45.2 Å². The molecule has 1 aliphatic heterocycles. The van der Waals surface area contributed by atoms with Gasteiger partial charge in [0.15, 0.2) is 17.4 Å². The number of hydrogen-bond acceptors (Lipinski definition) is 5. The van der Waals surface area contributed by atoms with Crippen LogP contribution >= 0.6 is 0 Å². The van der Waals surface area contributed by atoms with Gasteiger partial charge in [-0.25, -0.2) is 9.98 Å². The van der Waals surface area contributed by atoms with Crippen LogP contribution in [0.1, 0.15) is 38.1 Å². The second-order valence-corrected chi connectivity index (χ2v) is 7.79. The lowest BCUT2D eigenvalue weighted by Crippen LogP contribution is -2.37. The van der Waals surface area contributed by atoms with Crippen LogP contribution in [0.4, 0.5) is 5.82 Å². The lowest BCUT2D eigenvalue weighted by molar-refractivity contribution is 0.436. The van der Waals surface area contributed by atoms with Gasteiger partial charge >= 0.3 is 0 Å². The summed E-state index contributed by atoms with van der Waals surface area (Å²) in [5.74, 6) is 3.48. The first-order valence-corrected chi connectivity index (χ1v) is 10.7. The molecule has 0 aliphatic carbocycles. The van der Waals surface area contributed by atoms with Gasteiger partial charge in [0.25, 0.3) is 0 Å². The molecule has 158 valence electrons. The Bertz CT molecular complexity index is 970. The average Bonchev–Trinajstić information content (AvgIpc) is 3.20. The number of guanidine groups is 1. The molecule has 0 spiro atoms. The zero-order valence-electron chi connectivity index (χ0n) is 17.8. The van der Waals surface area contributed by atoms with E-state index in [0.717, 1.165) is 54.4 Å². The molecule has 0 bridgehead atoms. The number of fused-ring (bicyclic) bond motifs is 1. The first kappa shape index (κ1) is 20.1. The minimum Gasteiger partial charge on any atom is -0.357 e. The van der Waals surface area contributed by atoms with E-state index in [1.807, 2.05) is 35.0 Å². The topological polar surface area (TPSA) is 82.7 Å². The number of piperidine rings is 1. The Balaban J connectivity index is 1.36. The van der Waals surface area contributed by atoms with Crippen molar-refractivity contribution in [2.75, 3.05) is 24.5 Å². The molecular weight excluding hydrogens is 376 g/mol. The van der Waals surface area contributed by atoms with Crippen molar-refractivity contribution in [3.8, 4) is 0 Å². The van der Waals surface area contributed by atoms with Gasteiger partial charge < -0.3 is 15.5 Å². The number of nitrogens with zero attached hydrogens (tertiary/aromatic N) is 6. The Kier molecular flexibility index (Phi) is 6.41. The van der Waals surface area contributed by atoms with Crippen molar-refractivity contribution in [3.63, 3.8) is 0 Å². The van der Waals surface area contributed by atoms with Crippen LogP contribution in [0.2, 0.25) is 0 Å². The van der Waals surface area contributed by atoms with E-state index >= 15 is 0 Å². The summed E-state index contributed by atoms with van der Waals surface area (Å²) in [6.45, 7) is 8.47. The third-order valence-corrected chi connectivity index (χ3v) is 5.48. The van der Waals surface area contributed by atoms with Crippen molar-refractivity contribution in [1.82, 2.24) is 30.2 Å². The minimum atomic E-state index is 0.543. The molecular formula is C22H30N8. The van der Waals surface area contributed by atoms with Gasteiger partial charge in [-0.15, -0.1) is 10.2 Å². The molecule has 1 fully saturated rings. The number of rotatable bonds is 6. The molecule has 3 aromatic rings. The van der Waals surface area contributed by atoms with Crippen LogP contribution < -0.4 is 15.5 Å². The van der Waals surface area contributed by atoms with Crippen LogP contribution in [-0.2, 0) is 13.1 Å². The maximum atomic E-state index is 4.70. The maximum absolute atomic E-state index is 4.70. The van der Waals surface area contributed by atoms with Crippen molar-refractivity contribution in [3.05, 3.63) is 54.1 Å². The van der Waals surface area contributed by atoms with Crippen LogP contribution in [0.3, 0.4) is 0 Å². The minimum absolute atomic E-state index is 0.543. The largest absolute Gasteiger partial charge is 0.357 e. The van der Waals surface area contributed by atoms with Gasteiger partial charge in [0.05, 0.1) is 13.1 Å². The highest BCUT2D eigenvalue weighted by Gasteiger charge is 2.16. The molecule has 4 heterocycles. The van der Waals surface area contributed by atoms with E-state index in [1.54, 1.807) is 0 Å². The number of anilines is 1. The molecule has 30 heavy (non-hydrogen) atoms. The number of pyridine rings is 2. The average molecular weight is 407 g/mol. The summed E-state index contributed by atoms with van der Waals surface area (Å²) in [6, 6.07) is 10.1.